The average Bonchev–Trinajstić information content (AvgIpc) is 2.38. The maximum atomic E-state index is 12.4. The van der Waals surface area contributed by atoms with Crippen LogP contribution >= 0.6 is 0 Å². The summed E-state index contributed by atoms with van der Waals surface area (Å²) in [7, 11) is 1.83. The molecule has 86 valence electrons. The van der Waals surface area contributed by atoms with Gasteiger partial charge in [-0.3, -0.25) is 4.79 Å². The lowest BCUT2D eigenvalue weighted by molar-refractivity contribution is 0.103. The van der Waals surface area contributed by atoms with Gasteiger partial charge in [0.25, 0.3) is 0 Å². The van der Waals surface area contributed by atoms with Crippen molar-refractivity contribution in [2.24, 2.45) is 0 Å². The Kier molecular flexibility index (Phi) is 3.24. The standard InChI is InChI=1S/C15H15NO/c1-11-7-6-10-13(16-2)14(11)15(17)12-8-4-3-5-9-12/h3-10,16H,1-2H3. The number of ketones is 1. The van der Waals surface area contributed by atoms with Crippen molar-refractivity contribution in [1.29, 1.82) is 0 Å². The molecule has 0 amide bonds. The summed E-state index contributed by atoms with van der Waals surface area (Å²) >= 11 is 0. The number of hydrogen-bond acceptors (Lipinski definition) is 2. The zero-order valence-electron chi connectivity index (χ0n) is 10.0. The SMILES string of the molecule is CNc1cccc(C)c1C(=O)c1ccccc1. The van der Waals surface area contributed by atoms with Crippen LogP contribution in [0.5, 0.6) is 0 Å². The monoisotopic (exact) mass is 225 g/mol. The largest absolute Gasteiger partial charge is 0.388 e. The number of nitrogens with one attached hydrogen (secondary N) is 1. The van der Waals surface area contributed by atoms with Gasteiger partial charge in [0, 0.05) is 23.9 Å². The van der Waals surface area contributed by atoms with Crippen LogP contribution < -0.4 is 5.32 Å². The number of anilines is 1. The van der Waals surface area contributed by atoms with E-state index in [4.69, 9.17) is 0 Å². The van der Waals surface area contributed by atoms with Crippen LogP contribution in [0.2, 0.25) is 0 Å². The molecule has 0 aromatic heterocycles. The van der Waals surface area contributed by atoms with Crippen LogP contribution in [0, 0.1) is 6.92 Å². The molecule has 0 spiro atoms. The van der Waals surface area contributed by atoms with E-state index >= 15 is 0 Å². The summed E-state index contributed by atoms with van der Waals surface area (Å²) in [6, 6.07) is 15.2. The van der Waals surface area contributed by atoms with Gasteiger partial charge in [-0.2, -0.15) is 0 Å². The number of rotatable bonds is 3. The van der Waals surface area contributed by atoms with E-state index in [1.807, 2.05) is 62.5 Å². The van der Waals surface area contributed by atoms with Crippen molar-refractivity contribution < 1.29 is 4.79 Å². The number of carbonyl (C=O) groups excluding carboxylic acids is 1. The summed E-state index contributed by atoms with van der Waals surface area (Å²) in [6.07, 6.45) is 0. The second-order valence-electron chi connectivity index (χ2n) is 3.94. The molecule has 17 heavy (non-hydrogen) atoms. The highest BCUT2D eigenvalue weighted by Crippen LogP contribution is 2.22. The fourth-order valence-corrected chi connectivity index (χ4v) is 1.91. The number of aryl methyl sites for hydroxylation is 1. The molecule has 0 atom stereocenters. The number of carbonyl (C=O) groups is 1. The quantitative estimate of drug-likeness (QED) is 0.812. The van der Waals surface area contributed by atoms with E-state index in [2.05, 4.69) is 5.32 Å². The first kappa shape index (κ1) is 11.4. The van der Waals surface area contributed by atoms with Gasteiger partial charge in [-0.25, -0.2) is 0 Å². The molecule has 0 heterocycles. The molecular weight excluding hydrogens is 210 g/mol. The Morgan fingerprint density at radius 2 is 1.71 bits per heavy atom. The van der Waals surface area contributed by atoms with E-state index in [0.717, 1.165) is 22.4 Å². The van der Waals surface area contributed by atoms with Gasteiger partial charge in [0.15, 0.2) is 5.78 Å². The fourth-order valence-electron chi connectivity index (χ4n) is 1.91. The Balaban J connectivity index is 2.51. The molecule has 2 heteroatoms. The Bertz CT molecular complexity index is 532. The highest BCUT2D eigenvalue weighted by molar-refractivity contribution is 6.13. The molecule has 0 aliphatic rings. The van der Waals surface area contributed by atoms with Crippen molar-refractivity contribution in [2.75, 3.05) is 12.4 Å². The van der Waals surface area contributed by atoms with Crippen LogP contribution in [-0.4, -0.2) is 12.8 Å². The molecular formula is C15H15NO. The van der Waals surface area contributed by atoms with Crippen LogP contribution in [-0.2, 0) is 0 Å². The van der Waals surface area contributed by atoms with Crippen molar-refractivity contribution in [1.82, 2.24) is 0 Å². The minimum Gasteiger partial charge on any atom is -0.388 e. The predicted octanol–water partition coefficient (Wildman–Crippen LogP) is 3.27. The molecule has 0 saturated carbocycles. The number of hydrogen-bond donors (Lipinski definition) is 1. The van der Waals surface area contributed by atoms with E-state index < -0.39 is 0 Å². The molecule has 0 aliphatic heterocycles. The molecule has 2 nitrogen and oxygen atoms in total. The lowest BCUT2D eigenvalue weighted by atomic mass is 9.97. The molecule has 0 aliphatic carbocycles. The third-order valence-electron chi connectivity index (χ3n) is 2.81. The first-order valence-corrected chi connectivity index (χ1v) is 5.61. The second kappa shape index (κ2) is 4.83. The minimum absolute atomic E-state index is 0.0630. The second-order valence-corrected chi connectivity index (χ2v) is 3.94. The summed E-state index contributed by atoms with van der Waals surface area (Å²) in [6.45, 7) is 1.96. The van der Waals surface area contributed by atoms with Crippen LogP contribution in [0.4, 0.5) is 5.69 Å². The van der Waals surface area contributed by atoms with Gasteiger partial charge >= 0.3 is 0 Å². The summed E-state index contributed by atoms with van der Waals surface area (Å²) < 4.78 is 0. The van der Waals surface area contributed by atoms with Gasteiger partial charge in [0.1, 0.15) is 0 Å². The smallest absolute Gasteiger partial charge is 0.195 e. The third kappa shape index (κ3) is 2.21. The van der Waals surface area contributed by atoms with Crippen LogP contribution in [0.15, 0.2) is 48.5 Å². The normalized spacial score (nSPS) is 10.0. The Labute approximate surface area is 101 Å². The van der Waals surface area contributed by atoms with Crippen LogP contribution in [0.25, 0.3) is 0 Å². The van der Waals surface area contributed by atoms with Crippen molar-refractivity contribution in [2.45, 2.75) is 6.92 Å². The van der Waals surface area contributed by atoms with Gasteiger partial charge in [-0.1, -0.05) is 42.5 Å². The topological polar surface area (TPSA) is 29.1 Å². The minimum atomic E-state index is 0.0630. The molecule has 0 unspecified atom stereocenters. The van der Waals surface area contributed by atoms with Crippen LogP contribution in [0.1, 0.15) is 21.5 Å². The van der Waals surface area contributed by atoms with Crippen molar-refractivity contribution in [3.63, 3.8) is 0 Å². The fraction of sp³-hybridized carbons (Fsp3) is 0.133. The first-order chi connectivity index (χ1) is 8.24. The molecule has 2 aromatic carbocycles. The van der Waals surface area contributed by atoms with Gasteiger partial charge < -0.3 is 5.32 Å². The molecule has 0 fully saturated rings. The zero-order valence-corrected chi connectivity index (χ0v) is 10.0. The molecule has 0 radical (unpaired) electrons. The van der Waals surface area contributed by atoms with Gasteiger partial charge in [0.2, 0.25) is 0 Å². The molecule has 1 N–H and O–H groups in total. The van der Waals surface area contributed by atoms with E-state index in [-0.39, 0.29) is 5.78 Å². The van der Waals surface area contributed by atoms with E-state index in [1.54, 1.807) is 0 Å². The maximum Gasteiger partial charge on any atom is 0.195 e. The zero-order chi connectivity index (χ0) is 12.3. The van der Waals surface area contributed by atoms with E-state index in [1.165, 1.54) is 0 Å². The van der Waals surface area contributed by atoms with Crippen LogP contribution in [0.3, 0.4) is 0 Å². The molecule has 0 saturated heterocycles. The highest BCUT2D eigenvalue weighted by Gasteiger charge is 2.14. The Hall–Kier alpha value is -2.09. The van der Waals surface area contributed by atoms with Crippen molar-refractivity contribution in [3.05, 3.63) is 65.2 Å². The highest BCUT2D eigenvalue weighted by atomic mass is 16.1. The van der Waals surface area contributed by atoms with E-state index in [9.17, 15) is 4.79 Å². The van der Waals surface area contributed by atoms with Gasteiger partial charge in [-0.05, 0) is 18.6 Å². The predicted molar refractivity (Wildman–Crippen MR) is 70.6 cm³/mol. The summed E-state index contributed by atoms with van der Waals surface area (Å²) in [5, 5.41) is 3.07. The first-order valence-electron chi connectivity index (χ1n) is 5.61. The van der Waals surface area contributed by atoms with Gasteiger partial charge in [0.05, 0.1) is 0 Å². The molecule has 2 aromatic rings. The lowest BCUT2D eigenvalue weighted by Crippen LogP contribution is -2.07. The average molecular weight is 225 g/mol. The molecule has 2 rings (SSSR count). The lowest BCUT2D eigenvalue weighted by Gasteiger charge is -2.11. The Morgan fingerprint density at radius 3 is 2.35 bits per heavy atom. The maximum absolute atomic E-state index is 12.4. The van der Waals surface area contributed by atoms with Crippen molar-refractivity contribution in [3.8, 4) is 0 Å². The van der Waals surface area contributed by atoms with Crippen molar-refractivity contribution >= 4 is 11.5 Å². The molecule has 0 bridgehead atoms. The third-order valence-corrected chi connectivity index (χ3v) is 2.81. The van der Waals surface area contributed by atoms with Gasteiger partial charge in [-0.15, -0.1) is 0 Å². The summed E-state index contributed by atoms with van der Waals surface area (Å²) in [4.78, 5) is 12.4. The summed E-state index contributed by atoms with van der Waals surface area (Å²) in [5.41, 5.74) is 3.34. The Morgan fingerprint density at radius 1 is 1.00 bits per heavy atom. The van der Waals surface area contributed by atoms with E-state index in [0.29, 0.717) is 0 Å². The number of benzene rings is 2. The summed E-state index contributed by atoms with van der Waals surface area (Å²) in [5.74, 6) is 0.0630.